The Labute approximate surface area is 99.0 Å². The number of aryl methyl sites for hydroxylation is 1. The molecule has 0 saturated carbocycles. The van der Waals surface area contributed by atoms with Crippen LogP contribution >= 0.6 is 0 Å². The second-order valence-corrected chi connectivity index (χ2v) is 3.56. The van der Waals surface area contributed by atoms with Gasteiger partial charge in [0.2, 0.25) is 0 Å². The minimum absolute atomic E-state index is 0.0388. The molecular formula is C12H14O5. The van der Waals surface area contributed by atoms with Crippen LogP contribution in [0, 0.1) is 13.8 Å². The predicted octanol–water partition coefficient (Wildman–Crippen LogP) is 1.59. The lowest BCUT2D eigenvalue weighted by Gasteiger charge is -2.15. The van der Waals surface area contributed by atoms with Gasteiger partial charge in [0.1, 0.15) is 0 Å². The monoisotopic (exact) mass is 238 g/mol. The summed E-state index contributed by atoms with van der Waals surface area (Å²) in [6.45, 7) is 3.45. The molecule has 17 heavy (non-hydrogen) atoms. The quantitative estimate of drug-likeness (QED) is 0.637. The number of ketones is 1. The van der Waals surface area contributed by atoms with Crippen LogP contribution in [0.4, 0.5) is 0 Å². The standard InChI is InChI=1S/C12H14O5/c1-6-5-8(16-3)11(17-4)9(7(6)2)10(13)12(14)15/h5H,1-4H3,(H,14,15). The van der Waals surface area contributed by atoms with Crippen LogP contribution in [-0.2, 0) is 4.79 Å². The molecule has 1 aromatic rings. The van der Waals surface area contributed by atoms with Gasteiger partial charge in [0, 0.05) is 0 Å². The van der Waals surface area contributed by atoms with Crippen LogP contribution in [0.5, 0.6) is 11.5 Å². The Kier molecular flexibility index (Phi) is 3.73. The van der Waals surface area contributed by atoms with Crippen molar-refractivity contribution in [2.24, 2.45) is 0 Å². The van der Waals surface area contributed by atoms with E-state index in [0.29, 0.717) is 11.3 Å². The van der Waals surface area contributed by atoms with Crippen molar-refractivity contribution in [3.8, 4) is 11.5 Å². The second-order valence-electron chi connectivity index (χ2n) is 3.56. The molecule has 0 aliphatic rings. The topological polar surface area (TPSA) is 72.8 Å². The number of methoxy groups -OCH3 is 2. The van der Waals surface area contributed by atoms with Gasteiger partial charge in [-0.05, 0) is 31.0 Å². The van der Waals surface area contributed by atoms with Gasteiger partial charge in [-0.1, -0.05) is 0 Å². The average molecular weight is 238 g/mol. The number of hydrogen-bond acceptors (Lipinski definition) is 4. The number of rotatable bonds is 4. The Morgan fingerprint density at radius 2 is 1.76 bits per heavy atom. The van der Waals surface area contributed by atoms with Gasteiger partial charge in [0.05, 0.1) is 19.8 Å². The molecule has 92 valence electrons. The molecule has 0 fully saturated rings. The highest BCUT2D eigenvalue weighted by Crippen LogP contribution is 2.35. The molecule has 0 aliphatic carbocycles. The fraction of sp³-hybridized carbons (Fsp3) is 0.333. The number of benzene rings is 1. The van der Waals surface area contributed by atoms with Crippen LogP contribution in [0.1, 0.15) is 21.5 Å². The Morgan fingerprint density at radius 3 is 2.18 bits per heavy atom. The van der Waals surface area contributed by atoms with E-state index in [9.17, 15) is 9.59 Å². The first kappa shape index (κ1) is 13.0. The summed E-state index contributed by atoms with van der Waals surface area (Å²) in [5.74, 6) is -2.01. The number of hydrogen-bond donors (Lipinski definition) is 1. The number of aliphatic carboxylic acids is 1. The van der Waals surface area contributed by atoms with Gasteiger partial charge in [0.25, 0.3) is 5.78 Å². The molecule has 1 N–H and O–H groups in total. The Hall–Kier alpha value is -2.04. The maximum Gasteiger partial charge on any atom is 0.377 e. The molecule has 5 heteroatoms. The average Bonchev–Trinajstić information content (AvgIpc) is 2.30. The Bertz CT molecular complexity index is 476. The van der Waals surface area contributed by atoms with E-state index in [1.807, 2.05) is 0 Å². The van der Waals surface area contributed by atoms with Gasteiger partial charge in [-0.2, -0.15) is 0 Å². The summed E-state index contributed by atoms with van der Waals surface area (Å²) in [5, 5.41) is 8.79. The van der Waals surface area contributed by atoms with Crippen molar-refractivity contribution < 1.29 is 24.2 Å². The molecule has 0 amide bonds. The molecule has 0 atom stereocenters. The van der Waals surface area contributed by atoms with E-state index < -0.39 is 11.8 Å². The maximum absolute atomic E-state index is 11.6. The van der Waals surface area contributed by atoms with Gasteiger partial charge < -0.3 is 14.6 Å². The summed E-state index contributed by atoms with van der Waals surface area (Å²) in [6, 6.07) is 1.70. The third-order valence-electron chi connectivity index (χ3n) is 2.61. The maximum atomic E-state index is 11.6. The molecule has 0 saturated heterocycles. The second kappa shape index (κ2) is 4.86. The molecule has 0 aromatic heterocycles. The third kappa shape index (κ3) is 2.22. The molecule has 0 heterocycles. The van der Waals surface area contributed by atoms with Crippen molar-refractivity contribution in [2.45, 2.75) is 13.8 Å². The van der Waals surface area contributed by atoms with Crippen molar-refractivity contribution in [2.75, 3.05) is 14.2 Å². The summed E-state index contributed by atoms with van der Waals surface area (Å²) in [5.41, 5.74) is 1.39. The summed E-state index contributed by atoms with van der Waals surface area (Å²) in [7, 11) is 2.80. The highest BCUT2D eigenvalue weighted by atomic mass is 16.5. The lowest BCUT2D eigenvalue weighted by molar-refractivity contribution is -0.131. The van der Waals surface area contributed by atoms with E-state index in [1.54, 1.807) is 19.9 Å². The van der Waals surface area contributed by atoms with Crippen LogP contribution in [0.15, 0.2) is 6.07 Å². The zero-order valence-electron chi connectivity index (χ0n) is 10.2. The molecular weight excluding hydrogens is 224 g/mol. The van der Waals surface area contributed by atoms with Crippen LogP contribution in [0.3, 0.4) is 0 Å². The van der Waals surface area contributed by atoms with Crippen molar-refractivity contribution in [1.29, 1.82) is 0 Å². The van der Waals surface area contributed by atoms with Crippen molar-refractivity contribution >= 4 is 11.8 Å². The molecule has 0 bridgehead atoms. The molecule has 5 nitrogen and oxygen atoms in total. The van der Waals surface area contributed by atoms with Gasteiger partial charge >= 0.3 is 5.97 Å². The number of ether oxygens (including phenoxy) is 2. The Balaban J connectivity index is 3.60. The Morgan fingerprint density at radius 1 is 1.18 bits per heavy atom. The highest BCUT2D eigenvalue weighted by molar-refractivity contribution is 6.41. The van der Waals surface area contributed by atoms with Crippen LogP contribution < -0.4 is 9.47 Å². The van der Waals surface area contributed by atoms with Crippen LogP contribution in [0.25, 0.3) is 0 Å². The number of carboxylic acid groups (broad SMARTS) is 1. The van der Waals surface area contributed by atoms with Gasteiger partial charge in [-0.25, -0.2) is 4.79 Å². The first-order valence-corrected chi connectivity index (χ1v) is 4.93. The number of Topliss-reactive ketones (excluding diaryl/α,β-unsaturated/α-hetero) is 1. The predicted molar refractivity (Wildman–Crippen MR) is 61.0 cm³/mol. The molecule has 0 spiro atoms. The minimum Gasteiger partial charge on any atom is -0.493 e. The summed E-state index contributed by atoms with van der Waals surface area (Å²) < 4.78 is 10.1. The van der Waals surface area contributed by atoms with E-state index in [1.165, 1.54) is 14.2 Å². The number of carbonyl (C=O) groups excluding carboxylic acids is 1. The van der Waals surface area contributed by atoms with E-state index in [-0.39, 0.29) is 11.3 Å². The van der Waals surface area contributed by atoms with E-state index in [4.69, 9.17) is 14.6 Å². The van der Waals surface area contributed by atoms with E-state index in [2.05, 4.69) is 0 Å². The summed E-state index contributed by atoms with van der Waals surface area (Å²) in [4.78, 5) is 22.4. The zero-order chi connectivity index (χ0) is 13.2. The SMILES string of the molecule is COc1cc(C)c(C)c(C(=O)C(=O)O)c1OC. The van der Waals surface area contributed by atoms with E-state index in [0.717, 1.165) is 5.56 Å². The molecule has 0 radical (unpaired) electrons. The summed E-state index contributed by atoms with van der Waals surface area (Å²) in [6.07, 6.45) is 0. The number of carbonyl (C=O) groups is 2. The normalized spacial score (nSPS) is 9.88. The van der Waals surface area contributed by atoms with Gasteiger partial charge in [-0.15, -0.1) is 0 Å². The van der Waals surface area contributed by atoms with Crippen molar-refractivity contribution in [3.05, 3.63) is 22.8 Å². The lowest BCUT2D eigenvalue weighted by Crippen LogP contribution is -2.16. The highest BCUT2D eigenvalue weighted by Gasteiger charge is 2.25. The van der Waals surface area contributed by atoms with Gasteiger partial charge in [-0.3, -0.25) is 4.79 Å². The largest absolute Gasteiger partial charge is 0.493 e. The fourth-order valence-electron chi connectivity index (χ4n) is 1.60. The third-order valence-corrected chi connectivity index (χ3v) is 2.61. The lowest BCUT2D eigenvalue weighted by atomic mass is 9.98. The van der Waals surface area contributed by atoms with Crippen LogP contribution in [-0.4, -0.2) is 31.1 Å². The first-order chi connectivity index (χ1) is 7.93. The number of carboxylic acids is 1. The molecule has 1 aromatic carbocycles. The minimum atomic E-state index is -1.51. The molecule has 0 aliphatic heterocycles. The van der Waals surface area contributed by atoms with Gasteiger partial charge in [0.15, 0.2) is 11.5 Å². The van der Waals surface area contributed by atoms with Crippen LogP contribution in [0.2, 0.25) is 0 Å². The zero-order valence-corrected chi connectivity index (χ0v) is 10.2. The smallest absolute Gasteiger partial charge is 0.377 e. The fourth-order valence-corrected chi connectivity index (χ4v) is 1.60. The van der Waals surface area contributed by atoms with Crippen molar-refractivity contribution in [1.82, 2.24) is 0 Å². The first-order valence-electron chi connectivity index (χ1n) is 4.93. The van der Waals surface area contributed by atoms with Crippen molar-refractivity contribution in [3.63, 3.8) is 0 Å². The summed E-state index contributed by atoms with van der Waals surface area (Å²) >= 11 is 0. The molecule has 1 rings (SSSR count). The molecule has 0 unspecified atom stereocenters. The van der Waals surface area contributed by atoms with E-state index >= 15 is 0 Å².